The third-order valence-electron chi connectivity index (χ3n) is 2.39. The number of unbranched alkanes of at least 4 members (excludes halogenated alkanes) is 8. The van der Waals surface area contributed by atoms with Gasteiger partial charge in [0.1, 0.15) is 0 Å². The SMILES string of the molecule is [CH2-]CCCCCCCCCCC(=O)O. The van der Waals surface area contributed by atoms with E-state index >= 15 is 0 Å². The Morgan fingerprint density at radius 2 is 1.29 bits per heavy atom. The Balaban J connectivity index is 2.88. The molecular formula is C12H23O2-. The summed E-state index contributed by atoms with van der Waals surface area (Å²) in [4.78, 5) is 10.2. The molecule has 84 valence electrons. The monoisotopic (exact) mass is 199 g/mol. The van der Waals surface area contributed by atoms with Crippen LogP contribution in [0.4, 0.5) is 0 Å². The summed E-state index contributed by atoms with van der Waals surface area (Å²) in [5, 5.41) is 8.41. The van der Waals surface area contributed by atoms with Gasteiger partial charge in [-0.2, -0.15) is 6.42 Å². The Hall–Kier alpha value is -0.530. The first-order valence-corrected chi connectivity index (χ1v) is 5.78. The minimum Gasteiger partial charge on any atom is -0.481 e. The normalized spacial score (nSPS) is 10.4. The van der Waals surface area contributed by atoms with E-state index < -0.39 is 5.97 Å². The fourth-order valence-electron chi connectivity index (χ4n) is 1.51. The molecule has 0 unspecified atom stereocenters. The molecule has 0 rings (SSSR count). The van der Waals surface area contributed by atoms with Crippen LogP contribution in [0.2, 0.25) is 0 Å². The number of rotatable bonds is 10. The van der Waals surface area contributed by atoms with Crippen molar-refractivity contribution in [3.63, 3.8) is 0 Å². The molecule has 0 aliphatic rings. The maximum Gasteiger partial charge on any atom is 0.303 e. The molecule has 0 amide bonds. The molecule has 0 heterocycles. The number of carboxylic acids is 1. The molecular weight excluding hydrogens is 176 g/mol. The number of hydrogen-bond acceptors (Lipinski definition) is 1. The Labute approximate surface area is 87.7 Å². The van der Waals surface area contributed by atoms with Gasteiger partial charge in [0.05, 0.1) is 0 Å². The van der Waals surface area contributed by atoms with Crippen LogP contribution in [0.3, 0.4) is 0 Å². The molecule has 0 bridgehead atoms. The molecule has 0 radical (unpaired) electrons. The highest BCUT2D eigenvalue weighted by atomic mass is 16.4. The number of carboxylic acid groups (broad SMARTS) is 1. The molecule has 0 saturated carbocycles. The summed E-state index contributed by atoms with van der Waals surface area (Å²) in [5.74, 6) is -0.666. The Kier molecular flexibility index (Phi) is 10.2. The lowest BCUT2D eigenvalue weighted by Gasteiger charge is -2.01. The van der Waals surface area contributed by atoms with Crippen LogP contribution in [0.15, 0.2) is 0 Å². The second-order valence-corrected chi connectivity index (χ2v) is 3.83. The highest BCUT2D eigenvalue weighted by molar-refractivity contribution is 5.66. The van der Waals surface area contributed by atoms with E-state index in [1.165, 1.54) is 38.5 Å². The molecule has 1 N–H and O–H groups in total. The second-order valence-electron chi connectivity index (χ2n) is 3.83. The predicted molar refractivity (Wildman–Crippen MR) is 59.2 cm³/mol. The summed E-state index contributed by atoms with van der Waals surface area (Å²) in [6.07, 6.45) is 10.9. The van der Waals surface area contributed by atoms with Crippen LogP contribution in [0.5, 0.6) is 0 Å². The molecule has 0 aliphatic carbocycles. The van der Waals surface area contributed by atoms with E-state index in [1.54, 1.807) is 0 Å². The van der Waals surface area contributed by atoms with Crippen molar-refractivity contribution in [2.45, 2.75) is 64.2 Å². The van der Waals surface area contributed by atoms with Crippen LogP contribution >= 0.6 is 0 Å². The predicted octanol–water partition coefficient (Wildman–Crippen LogP) is 3.81. The van der Waals surface area contributed by atoms with Gasteiger partial charge in [-0.25, -0.2) is 0 Å². The summed E-state index contributed by atoms with van der Waals surface area (Å²) in [7, 11) is 0. The smallest absolute Gasteiger partial charge is 0.303 e. The molecule has 0 fully saturated rings. The lowest BCUT2D eigenvalue weighted by Crippen LogP contribution is -1.93. The average Bonchev–Trinajstić information content (AvgIpc) is 2.15. The first-order valence-electron chi connectivity index (χ1n) is 5.78. The van der Waals surface area contributed by atoms with E-state index in [4.69, 9.17) is 5.11 Å². The second kappa shape index (κ2) is 10.6. The third kappa shape index (κ3) is 11.5. The van der Waals surface area contributed by atoms with Gasteiger partial charge < -0.3 is 12.0 Å². The molecule has 2 nitrogen and oxygen atoms in total. The van der Waals surface area contributed by atoms with Gasteiger partial charge in [-0.15, -0.1) is 0 Å². The minimum absolute atomic E-state index is 0.335. The first-order chi connectivity index (χ1) is 6.77. The fourth-order valence-corrected chi connectivity index (χ4v) is 1.51. The fraction of sp³-hybridized carbons (Fsp3) is 0.833. The van der Waals surface area contributed by atoms with Crippen molar-refractivity contribution < 1.29 is 9.90 Å². The summed E-state index contributed by atoms with van der Waals surface area (Å²) >= 11 is 0. The van der Waals surface area contributed by atoms with Gasteiger partial charge >= 0.3 is 5.97 Å². The maximum absolute atomic E-state index is 10.2. The van der Waals surface area contributed by atoms with E-state index in [2.05, 4.69) is 6.92 Å². The molecule has 0 aromatic heterocycles. The molecule has 0 aromatic carbocycles. The van der Waals surface area contributed by atoms with Gasteiger partial charge in [0.2, 0.25) is 0 Å². The van der Waals surface area contributed by atoms with Crippen LogP contribution in [0.25, 0.3) is 0 Å². The van der Waals surface area contributed by atoms with Crippen LogP contribution < -0.4 is 0 Å². The summed E-state index contributed by atoms with van der Waals surface area (Å²) in [5.41, 5.74) is 0. The van der Waals surface area contributed by atoms with Gasteiger partial charge in [-0.05, 0) is 6.42 Å². The average molecular weight is 199 g/mol. The Morgan fingerprint density at radius 3 is 1.71 bits per heavy atom. The van der Waals surface area contributed by atoms with Crippen LogP contribution in [-0.4, -0.2) is 11.1 Å². The number of carbonyl (C=O) groups is 1. The minimum atomic E-state index is -0.666. The summed E-state index contributed by atoms with van der Waals surface area (Å²) in [6.45, 7) is 3.80. The van der Waals surface area contributed by atoms with Gasteiger partial charge in [0.15, 0.2) is 0 Å². The van der Waals surface area contributed by atoms with E-state index in [0.29, 0.717) is 6.42 Å². The molecule has 0 aliphatic heterocycles. The van der Waals surface area contributed by atoms with E-state index in [9.17, 15) is 4.79 Å². The number of hydrogen-bond donors (Lipinski definition) is 1. The third-order valence-corrected chi connectivity index (χ3v) is 2.39. The maximum atomic E-state index is 10.2. The van der Waals surface area contributed by atoms with Crippen molar-refractivity contribution in [2.24, 2.45) is 0 Å². The first kappa shape index (κ1) is 13.5. The molecule has 0 atom stereocenters. The number of aliphatic carboxylic acids is 1. The van der Waals surface area contributed by atoms with E-state index in [0.717, 1.165) is 19.3 Å². The van der Waals surface area contributed by atoms with Crippen molar-refractivity contribution in [1.29, 1.82) is 0 Å². The quantitative estimate of drug-likeness (QED) is 0.429. The van der Waals surface area contributed by atoms with Crippen LogP contribution in [0.1, 0.15) is 64.2 Å². The molecule has 14 heavy (non-hydrogen) atoms. The zero-order valence-corrected chi connectivity index (χ0v) is 9.13. The van der Waals surface area contributed by atoms with E-state index in [1.807, 2.05) is 0 Å². The zero-order chi connectivity index (χ0) is 10.6. The van der Waals surface area contributed by atoms with Crippen molar-refractivity contribution in [1.82, 2.24) is 0 Å². The lowest BCUT2D eigenvalue weighted by molar-refractivity contribution is -0.137. The van der Waals surface area contributed by atoms with E-state index in [-0.39, 0.29) is 0 Å². The van der Waals surface area contributed by atoms with Crippen LogP contribution in [0, 0.1) is 6.92 Å². The molecule has 0 saturated heterocycles. The van der Waals surface area contributed by atoms with Gasteiger partial charge in [0, 0.05) is 6.42 Å². The van der Waals surface area contributed by atoms with Crippen molar-refractivity contribution >= 4 is 5.97 Å². The van der Waals surface area contributed by atoms with Gasteiger partial charge in [-0.3, -0.25) is 4.79 Å². The largest absolute Gasteiger partial charge is 0.481 e. The summed E-state index contributed by atoms with van der Waals surface area (Å²) < 4.78 is 0. The molecule has 0 aromatic rings. The topological polar surface area (TPSA) is 37.3 Å². The highest BCUT2D eigenvalue weighted by Crippen LogP contribution is 2.10. The standard InChI is InChI=1S/C12H23O2/c1-2-3-4-5-6-7-8-9-10-11-12(13)14/h1-11H2,(H,13,14)/q-1. The lowest BCUT2D eigenvalue weighted by atomic mass is 10.1. The van der Waals surface area contributed by atoms with Crippen LogP contribution in [-0.2, 0) is 4.79 Å². The van der Waals surface area contributed by atoms with Crippen molar-refractivity contribution in [3.8, 4) is 0 Å². The Bertz CT molecular complexity index is 132. The van der Waals surface area contributed by atoms with Gasteiger partial charge in [0.25, 0.3) is 0 Å². The molecule has 0 spiro atoms. The zero-order valence-electron chi connectivity index (χ0n) is 9.13. The molecule has 2 heteroatoms. The van der Waals surface area contributed by atoms with Crippen molar-refractivity contribution in [3.05, 3.63) is 6.92 Å². The highest BCUT2D eigenvalue weighted by Gasteiger charge is 1.96. The van der Waals surface area contributed by atoms with Gasteiger partial charge in [-0.1, -0.05) is 44.9 Å². The summed E-state index contributed by atoms with van der Waals surface area (Å²) in [6, 6.07) is 0. The van der Waals surface area contributed by atoms with Crippen molar-refractivity contribution in [2.75, 3.05) is 0 Å². The Morgan fingerprint density at radius 1 is 0.857 bits per heavy atom.